The molecule has 0 aromatic heterocycles. The van der Waals surface area contributed by atoms with E-state index in [0.29, 0.717) is 5.02 Å². The van der Waals surface area contributed by atoms with Gasteiger partial charge in [-0.15, -0.1) is 0 Å². The zero-order chi connectivity index (χ0) is 22.1. The molecular formula is C21H26Cl2N2O3S. The van der Waals surface area contributed by atoms with Crippen molar-refractivity contribution in [1.82, 2.24) is 5.32 Å². The van der Waals surface area contributed by atoms with Crippen LogP contribution in [0.1, 0.15) is 42.1 Å². The number of halogens is 2. The first kappa shape index (κ1) is 23.5. The topological polar surface area (TPSA) is 66.5 Å². The summed E-state index contributed by atoms with van der Waals surface area (Å²) in [7, 11) is -3.74. The second-order valence-corrected chi connectivity index (χ2v) is 10.0. The van der Waals surface area contributed by atoms with E-state index >= 15 is 0 Å². The summed E-state index contributed by atoms with van der Waals surface area (Å²) in [5.74, 6) is -0.411. The van der Waals surface area contributed by atoms with Crippen LogP contribution in [0.3, 0.4) is 0 Å². The largest absolute Gasteiger partial charge is 0.348 e. The predicted molar refractivity (Wildman–Crippen MR) is 120 cm³/mol. The lowest BCUT2D eigenvalue weighted by atomic mass is 9.96. The van der Waals surface area contributed by atoms with Gasteiger partial charge in [0, 0.05) is 0 Å². The molecule has 8 heteroatoms. The van der Waals surface area contributed by atoms with Crippen LogP contribution in [0.4, 0.5) is 5.69 Å². The number of sulfonamides is 1. The number of rotatable bonds is 6. The van der Waals surface area contributed by atoms with Crippen LogP contribution in [0.5, 0.6) is 0 Å². The number of carbonyl (C=O) groups is 1. The molecule has 5 nitrogen and oxygen atoms in total. The number of anilines is 1. The first-order chi connectivity index (χ1) is 13.3. The summed E-state index contributed by atoms with van der Waals surface area (Å²) in [6.07, 6.45) is 1.05. The van der Waals surface area contributed by atoms with Gasteiger partial charge >= 0.3 is 0 Å². The molecule has 2 aromatic rings. The average Bonchev–Trinajstić information content (AvgIpc) is 2.59. The Morgan fingerprint density at radius 3 is 2.10 bits per heavy atom. The fraction of sp³-hybridized carbons (Fsp3) is 0.381. The summed E-state index contributed by atoms with van der Waals surface area (Å²) >= 11 is 12.0. The van der Waals surface area contributed by atoms with E-state index in [0.717, 1.165) is 27.3 Å². The third-order valence-electron chi connectivity index (χ3n) is 4.95. The quantitative estimate of drug-likeness (QED) is 0.668. The smallest absolute Gasteiger partial charge is 0.244 e. The van der Waals surface area contributed by atoms with E-state index in [-0.39, 0.29) is 16.8 Å². The Hall–Kier alpha value is -1.76. The van der Waals surface area contributed by atoms with Crippen molar-refractivity contribution in [3.63, 3.8) is 0 Å². The van der Waals surface area contributed by atoms with E-state index in [1.807, 2.05) is 33.8 Å². The van der Waals surface area contributed by atoms with Crippen molar-refractivity contribution in [2.24, 2.45) is 0 Å². The summed E-state index contributed by atoms with van der Waals surface area (Å²) in [6.45, 7) is 9.47. The Balaban J connectivity index is 2.32. The van der Waals surface area contributed by atoms with Crippen LogP contribution in [0, 0.1) is 20.8 Å². The lowest BCUT2D eigenvalue weighted by molar-refractivity contribution is -0.122. The summed E-state index contributed by atoms with van der Waals surface area (Å²) in [6, 6.07) is 7.34. The second-order valence-electron chi connectivity index (χ2n) is 7.36. The SMILES string of the molecule is Cc1cc(C)c([C@H](C)NC(=O)[C@H](C)N(c2ccc(Cl)c(Cl)c2)S(C)(=O)=O)cc1C. The highest BCUT2D eigenvalue weighted by molar-refractivity contribution is 7.92. The van der Waals surface area contributed by atoms with E-state index in [4.69, 9.17) is 23.2 Å². The number of hydrogen-bond acceptors (Lipinski definition) is 3. The minimum absolute atomic E-state index is 0.213. The number of nitrogens with zero attached hydrogens (tertiary/aromatic N) is 1. The molecule has 0 saturated heterocycles. The fourth-order valence-electron chi connectivity index (χ4n) is 3.29. The van der Waals surface area contributed by atoms with Crippen molar-refractivity contribution in [2.45, 2.75) is 46.7 Å². The lowest BCUT2D eigenvalue weighted by Crippen LogP contribution is -2.48. The number of nitrogens with one attached hydrogen (secondary N) is 1. The number of amides is 1. The molecule has 0 radical (unpaired) electrons. The molecule has 29 heavy (non-hydrogen) atoms. The number of hydrogen-bond donors (Lipinski definition) is 1. The van der Waals surface area contributed by atoms with Crippen LogP contribution in [0.25, 0.3) is 0 Å². The van der Waals surface area contributed by atoms with Gasteiger partial charge < -0.3 is 5.32 Å². The van der Waals surface area contributed by atoms with Gasteiger partial charge in [-0.1, -0.05) is 35.3 Å². The van der Waals surface area contributed by atoms with Crippen molar-refractivity contribution in [2.75, 3.05) is 10.6 Å². The van der Waals surface area contributed by atoms with Gasteiger partial charge in [-0.05, 0) is 75.1 Å². The molecule has 2 rings (SSSR count). The van der Waals surface area contributed by atoms with Crippen molar-refractivity contribution in [1.29, 1.82) is 0 Å². The number of aryl methyl sites for hydroxylation is 3. The molecule has 0 heterocycles. The molecule has 1 amide bonds. The molecule has 0 aliphatic rings. The maximum atomic E-state index is 12.9. The van der Waals surface area contributed by atoms with Gasteiger partial charge in [0.25, 0.3) is 0 Å². The molecule has 0 bridgehead atoms. The first-order valence-electron chi connectivity index (χ1n) is 9.15. The monoisotopic (exact) mass is 456 g/mol. The van der Waals surface area contributed by atoms with Gasteiger partial charge in [-0.3, -0.25) is 9.10 Å². The van der Waals surface area contributed by atoms with Gasteiger partial charge in [-0.2, -0.15) is 0 Å². The Labute approximate surface area is 183 Å². The molecule has 1 N–H and O–H groups in total. The highest BCUT2D eigenvalue weighted by Crippen LogP contribution is 2.30. The fourth-order valence-corrected chi connectivity index (χ4v) is 4.75. The van der Waals surface area contributed by atoms with E-state index < -0.39 is 22.0 Å². The zero-order valence-corrected chi connectivity index (χ0v) is 19.7. The maximum absolute atomic E-state index is 12.9. The molecule has 0 saturated carbocycles. The van der Waals surface area contributed by atoms with Crippen molar-refractivity contribution < 1.29 is 13.2 Å². The third-order valence-corrected chi connectivity index (χ3v) is 6.93. The summed E-state index contributed by atoms with van der Waals surface area (Å²) in [5.41, 5.74) is 4.65. The predicted octanol–water partition coefficient (Wildman–Crippen LogP) is 4.95. The highest BCUT2D eigenvalue weighted by atomic mass is 35.5. The molecular weight excluding hydrogens is 431 g/mol. The normalized spacial score (nSPS) is 13.7. The molecule has 158 valence electrons. The van der Waals surface area contributed by atoms with Gasteiger partial charge in [0.2, 0.25) is 15.9 Å². The van der Waals surface area contributed by atoms with Gasteiger partial charge in [0.15, 0.2) is 0 Å². The standard InChI is InChI=1S/C21H26Cl2N2O3S/c1-12-9-14(3)18(10-13(12)2)15(4)24-21(26)16(5)25(29(6,27)28)17-7-8-19(22)20(23)11-17/h7-11,15-16H,1-6H3,(H,24,26)/t15-,16-/m0/s1. The summed E-state index contributed by atoms with van der Waals surface area (Å²) in [4.78, 5) is 12.9. The summed E-state index contributed by atoms with van der Waals surface area (Å²) in [5, 5.41) is 3.45. The van der Waals surface area contributed by atoms with Crippen LogP contribution < -0.4 is 9.62 Å². The lowest BCUT2D eigenvalue weighted by Gasteiger charge is -2.30. The van der Waals surface area contributed by atoms with E-state index in [1.165, 1.54) is 23.8 Å². The Kier molecular flexibility index (Phi) is 7.25. The van der Waals surface area contributed by atoms with Crippen molar-refractivity contribution in [3.8, 4) is 0 Å². The third kappa shape index (κ3) is 5.44. The van der Waals surface area contributed by atoms with E-state index in [2.05, 4.69) is 11.4 Å². The Bertz CT molecular complexity index is 1040. The second kappa shape index (κ2) is 8.94. The first-order valence-corrected chi connectivity index (χ1v) is 11.8. The number of carbonyl (C=O) groups excluding carboxylic acids is 1. The molecule has 0 spiro atoms. The Morgan fingerprint density at radius 1 is 0.966 bits per heavy atom. The van der Waals surface area contributed by atoms with Crippen LogP contribution in [-0.2, 0) is 14.8 Å². The maximum Gasteiger partial charge on any atom is 0.244 e. The molecule has 0 fully saturated rings. The van der Waals surface area contributed by atoms with Crippen molar-refractivity contribution >= 4 is 44.8 Å². The van der Waals surface area contributed by atoms with Crippen LogP contribution in [-0.4, -0.2) is 26.6 Å². The van der Waals surface area contributed by atoms with Crippen LogP contribution in [0.15, 0.2) is 30.3 Å². The molecule has 2 aromatic carbocycles. The van der Waals surface area contributed by atoms with Crippen LogP contribution >= 0.6 is 23.2 Å². The average molecular weight is 457 g/mol. The molecule has 0 unspecified atom stereocenters. The Morgan fingerprint density at radius 2 is 1.55 bits per heavy atom. The van der Waals surface area contributed by atoms with Crippen LogP contribution in [0.2, 0.25) is 10.0 Å². The van der Waals surface area contributed by atoms with Crippen molar-refractivity contribution in [3.05, 3.63) is 62.6 Å². The number of benzene rings is 2. The van der Waals surface area contributed by atoms with Gasteiger partial charge in [0.05, 0.1) is 28.0 Å². The van der Waals surface area contributed by atoms with E-state index in [9.17, 15) is 13.2 Å². The zero-order valence-electron chi connectivity index (χ0n) is 17.4. The molecule has 0 aliphatic carbocycles. The molecule has 2 atom stereocenters. The molecule has 0 aliphatic heterocycles. The highest BCUT2D eigenvalue weighted by Gasteiger charge is 2.30. The van der Waals surface area contributed by atoms with Gasteiger partial charge in [0.1, 0.15) is 6.04 Å². The minimum atomic E-state index is -3.74. The van der Waals surface area contributed by atoms with E-state index in [1.54, 1.807) is 6.92 Å². The summed E-state index contributed by atoms with van der Waals surface area (Å²) < 4.78 is 25.9. The van der Waals surface area contributed by atoms with Gasteiger partial charge in [-0.25, -0.2) is 8.42 Å². The minimum Gasteiger partial charge on any atom is -0.348 e.